The molecule has 3 aromatic rings. The number of benzene rings is 3. The van der Waals surface area contributed by atoms with Crippen LogP contribution in [0, 0.1) is 4.78 Å². The minimum absolute atomic E-state index is 0.0442. The van der Waals surface area contributed by atoms with E-state index in [1.54, 1.807) is 0 Å². The van der Waals surface area contributed by atoms with Gasteiger partial charge in [-0.05, 0) is 73.1 Å². The number of aryl methyl sites for hydroxylation is 2. The van der Waals surface area contributed by atoms with Gasteiger partial charge >= 0.3 is 6.18 Å². The van der Waals surface area contributed by atoms with E-state index in [2.05, 4.69) is 33.9 Å². The van der Waals surface area contributed by atoms with Gasteiger partial charge in [0.05, 0.1) is 23.5 Å². The summed E-state index contributed by atoms with van der Waals surface area (Å²) < 4.78 is 62.8. The molecule has 4 atom stereocenters. The molecule has 2 aliphatic rings. The number of aliphatic hydroxyl groups excluding tert-OH is 1. The zero-order chi connectivity index (χ0) is 26.2. The van der Waals surface area contributed by atoms with Crippen molar-refractivity contribution in [3.63, 3.8) is 0 Å². The van der Waals surface area contributed by atoms with Gasteiger partial charge in [-0.3, -0.25) is 0 Å². The molecule has 5 rings (SSSR count). The lowest BCUT2D eigenvalue weighted by Crippen LogP contribution is -2.55. The first-order valence-electron chi connectivity index (χ1n) is 12.5. The molecule has 0 spiro atoms. The van der Waals surface area contributed by atoms with Gasteiger partial charge in [0.2, 0.25) is 0 Å². The molecule has 3 aromatic carbocycles. The molecule has 5 nitrogen and oxygen atoms in total. The Morgan fingerprint density at radius 1 is 0.919 bits per heavy atom. The highest BCUT2D eigenvalue weighted by Crippen LogP contribution is 2.41. The highest BCUT2D eigenvalue weighted by molar-refractivity contribution is 7.90. The van der Waals surface area contributed by atoms with E-state index in [0.717, 1.165) is 37.1 Å². The van der Waals surface area contributed by atoms with Gasteiger partial charge in [0, 0.05) is 17.4 Å². The maximum atomic E-state index is 13.3. The summed E-state index contributed by atoms with van der Waals surface area (Å²) in [5, 5.41) is 11.6. The van der Waals surface area contributed by atoms with E-state index in [-0.39, 0.29) is 16.5 Å². The standard InChI is InChI=1S/C28H30F3N3O2S/c29-28(30,31)18-19-12-16-22(17-13-19)37(32,36)33-23-8-5-11-26(27(23)35)34-24-9-3-1-6-20(24)14-15-21-7-2-4-10-25(21)34/h1-4,6-7,9-10,12-13,16-17,23,26-27,35H,5,8,11,14-15,18H2,(H2,32,33,36). The Balaban J connectivity index is 1.41. The number of halogens is 3. The summed E-state index contributed by atoms with van der Waals surface area (Å²) in [5.41, 5.74) is 4.53. The minimum Gasteiger partial charge on any atom is -0.389 e. The van der Waals surface area contributed by atoms with Gasteiger partial charge in [-0.15, -0.1) is 0 Å². The summed E-state index contributed by atoms with van der Waals surface area (Å²) in [5.74, 6) is 0. The van der Waals surface area contributed by atoms with Crippen LogP contribution in [-0.4, -0.2) is 33.7 Å². The maximum absolute atomic E-state index is 13.3. The fourth-order valence-electron chi connectivity index (χ4n) is 5.55. The van der Waals surface area contributed by atoms with Gasteiger partial charge in [0.15, 0.2) is 0 Å². The van der Waals surface area contributed by atoms with Crippen molar-refractivity contribution in [2.45, 2.75) is 67.8 Å². The SMILES string of the molecule is N=S(=O)(NC1CCCC(N2c3ccccc3CCc3ccccc32)C1O)c1ccc(CC(F)(F)F)cc1. The number of anilines is 2. The van der Waals surface area contributed by atoms with Gasteiger partial charge in [-0.1, -0.05) is 48.5 Å². The first-order valence-corrected chi connectivity index (χ1v) is 14.0. The second kappa shape index (κ2) is 10.1. The van der Waals surface area contributed by atoms with Crippen LogP contribution in [0.1, 0.15) is 36.0 Å². The van der Waals surface area contributed by atoms with Crippen molar-refractivity contribution in [2.75, 3.05) is 4.90 Å². The highest BCUT2D eigenvalue weighted by Gasteiger charge is 2.39. The molecule has 9 heteroatoms. The van der Waals surface area contributed by atoms with E-state index >= 15 is 0 Å². The average Bonchev–Trinajstić information content (AvgIpc) is 3.02. The molecule has 1 fully saturated rings. The smallest absolute Gasteiger partial charge is 0.389 e. The van der Waals surface area contributed by atoms with Gasteiger partial charge in [-0.25, -0.2) is 13.7 Å². The van der Waals surface area contributed by atoms with Gasteiger partial charge in [-0.2, -0.15) is 13.2 Å². The maximum Gasteiger partial charge on any atom is 0.393 e. The molecule has 196 valence electrons. The Bertz CT molecular complexity index is 1310. The lowest BCUT2D eigenvalue weighted by molar-refractivity contribution is -0.127. The lowest BCUT2D eigenvalue weighted by atomic mass is 9.86. The van der Waals surface area contributed by atoms with E-state index < -0.39 is 34.7 Å². The molecule has 0 amide bonds. The van der Waals surface area contributed by atoms with Crippen LogP contribution < -0.4 is 9.62 Å². The quantitative estimate of drug-likeness (QED) is 0.384. The molecule has 0 saturated heterocycles. The lowest BCUT2D eigenvalue weighted by Gasteiger charge is -2.43. The second-order valence-electron chi connectivity index (χ2n) is 9.83. The van der Waals surface area contributed by atoms with Crippen molar-refractivity contribution in [3.05, 3.63) is 89.5 Å². The monoisotopic (exact) mass is 529 g/mol. The molecule has 3 N–H and O–H groups in total. The number of nitrogens with zero attached hydrogens (tertiary/aromatic N) is 1. The third-order valence-corrected chi connectivity index (χ3v) is 8.87. The molecule has 4 unspecified atom stereocenters. The molecule has 0 radical (unpaired) electrons. The summed E-state index contributed by atoms with van der Waals surface area (Å²) in [6.45, 7) is 0. The topological polar surface area (TPSA) is 76.4 Å². The summed E-state index contributed by atoms with van der Waals surface area (Å²) >= 11 is 0. The van der Waals surface area contributed by atoms with Crippen molar-refractivity contribution < 1.29 is 22.5 Å². The van der Waals surface area contributed by atoms with Crippen molar-refractivity contribution >= 4 is 21.3 Å². The normalized spacial score (nSPS) is 23.5. The minimum atomic E-state index is -4.34. The number of para-hydroxylation sites is 2. The van der Waals surface area contributed by atoms with Gasteiger partial charge in [0.1, 0.15) is 9.92 Å². The summed E-state index contributed by atoms with van der Waals surface area (Å²) in [7, 11) is -3.55. The van der Waals surface area contributed by atoms with E-state index in [0.29, 0.717) is 6.42 Å². The van der Waals surface area contributed by atoms with Crippen LogP contribution in [0.15, 0.2) is 77.7 Å². The molecule has 0 bridgehead atoms. The first-order chi connectivity index (χ1) is 17.6. The fraction of sp³-hybridized carbons (Fsp3) is 0.357. The van der Waals surface area contributed by atoms with Crippen molar-refractivity contribution in [1.82, 2.24) is 4.72 Å². The molecule has 1 aliphatic heterocycles. The summed E-state index contributed by atoms with van der Waals surface area (Å²) in [4.78, 5) is 2.30. The zero-order valence-electron chi connectivity index (χ0n) is 20.2. The Morgan fingerprint density at radius 3 is 2.05 bits per heavy atom. The van der Waals surface area contributed by atoms with E-state index in [1.165, 1.54) is 35.4 Å². The van der Waals surface area contributed by atoms with E-state index in [1.807, 2.05) is 24.3 Å². The number of aliphatic hydroxyl groups is 1. The van der Waals surface area contributed by atoms with Crippen LogP contribution in [0.3, 0.4) is 0 Å². The average molecular weight is 530 g/mol. The number of alkyl halides is 3. The molecule has 1 aliphatic carbocycles. The van der Waals surface area contributed by atoms with Crippen LogP contribution in [-0.2, 0) is 29.2 Å². The van der Waals surface area contributed by atoms with Crippen LogP contribution in [0.4, 0.5) is 24.5 Å². The van der Waals surface area contributed by atoms with Gasteiger partial charge < -0.3 is 10.0 Å². The Kier molecular flexibility index (Phi) is 7.04. The number of nitrogens with one attached hydrogen (secondary N) is 2. The third-order valence-electron chi connectivity index (χ3n) is 7.30. The Morgan fingerprint density at radius 2 is 1.49 bits per heavy atom. The van der Waals surface area contributed by atoms with Crippen LogP contribution in [0.5, 0.6) is 0 Å². The van der Waals surface area contributed by atoms with Crippen LogP contribution in [0.25, 0.3) is 0 Å². The summed E-state index contributed by atoms with van der Waals surface area (Å²) in [6, 6.07) is 20.6. The first kappa shape index (κ1) is 25.8. The zero-order valence-corrected chi connectivity index (χ0v) is 21.1. The predicted molar refractivity (Wildman–Crippen MR) is 138 cm³/mol. The Hall–Kier alpha value is -2.88. The fourth-order valence-corrected chi connectivity index (χ4v) is 6.89. The molecular weight excluding hydrogens is 499 g/mol. The molecule has 0 aromatic heterocycles. The second-order valence-corrected chi connectivity index (χ2v) is 11.7. The van der Waals surface area contributed by atoms with Crippen LogP contribution >= 0.6 is 0 Å². The molecular formula is C28H30F3N3O2S. The largest absolute Gasteiger partial charge is 0.393 e. The van der Waals surface area contributed by atoms with Crippen molar-refractivity contribution in [1.29, 1.82) is 4.78 Å². The van der Waals surface area contributed by atoms with E-state index in [4.69, 9.17) is 4.78 Å². The number of hydrogen-bond donors (Lipinski definition) is 3. The summed E-state index contributed by atoms with van der Waals surface area (Å²) in [6.07, 6.45) is -2.53. The van der Waals surface area contributed by atoms with E-state index in [9.17, 15) is 22.5 Å². The van der Waals surface area contributed by atoms with Crippen molar-refractivity contribution in [3.8, 4) is 0 Å². The molecule has 1 heterocycles. The highest BCUT2D eigenvalue weighted by atomic mass is 32.2. The number of rotatable bonds is 5. The third kappa shape index (κ3) is 5.54. The van der Waals surface area contributed by atoms with Crippen molar-refractivity contribution in [2.24, 2.45) is 0 Å². The number of hydrogen-bond acceptors (Lipinski definition) is 4. The Labute approximate surface area is 215 Å². The van der Waals surface area contributed by atoms with Gasteiger partial charge in [0.25, 0.3) is 0 Å². The molecule has 37 heavy (non-hydrogen) atoms. The molecule has 1 saturated carbocycles. The van der Waals surface area contributed by atoms with Crippen LogP contribution in [0.2, 0.25) is 0 Å². The predicted octanol–water partition coefficient (Wildman–Crippen LogP) is 5.92. The number of fused-ring (bicyclic) bond motifs is 2.